The fraction of sp³-hybridized carbons (Fsp3) is 0.591. The monoisotopic (exact) mass is 407 g/mol. The minimum absolute atomic E-state index is 0.251. The Bertz CT molecular complexity index is 680. The molecule has 0 N–H and O–H groups in total. The summed E-state index contributed by atoms with van der Waals surface area (Å²) >= 11 is 0. The van der Waals surface area contributed by atoms with Gasteiger partial charge >= 0.3 is 6.09 Å². The molecule has 7 heteroatoms. The van der Waals surface area contributed by atoms with Crippen LogP contribution in [0.15, 0.2) is 42.4 Å². The van der Waals surface area contributed by atoms with Crippen molar-refractivity contribution in [2.75, 3.05) is 26.9 Å². The molecule has 2 rings (SSSR count). The van der Waals surface area contributed by atoms with Crippen LogP contribution < -0.4 is 0 Å². The number of rotatable bonds is 9. The molecule has 7 nitrogen and oxygen atoms in total. The van der Waals surface area contributed by atoms with Crippen molar-refractivity contribution in [2.24, 2.45) is 0 Å². The van der Waals surface area contributed by atoms with Crippen LogP contribution in [-0.4, -0.2) is 55.3 Å². The second-order valence-corrected chi connectivity index (χ2v) is 8.46. The lowest BCUT2D eigenvalue weighted by Gasteiger charge is -2.30. The van der Waals surface area contributed by atoms with Crippen molar-refractivity contribution >= 4 is 6.09 Å². The van der Waals surface area contributed by atoms with Crippen molar-refractivity contribution in [1.82, 2.24) is 4.90 Å². The number of carbonyl (C=O) groups is 1. The summed E-state index contributed by atoms with van der Waals surface area (Å²) in [6.45, 7) is 10.4. The first kappa shape index (κ1) is 23.0. The summed E-state index contributed by atoms with van der Waals surface area (Å²) in [6, 6.07) is 9.56. The van der Waals surface area contributed by atoms with Gasteiger partial charge in [-0.25, -0.2) is 4.79 Å². The molecule has 1 atom stereocenters. The predicted octanol–water partition coefficient (Wildman–Crippen LogP) is 4.08. The molecular formula is C22H33NO6. The third kappa shape index (κ3) is 8.33. The maximum Gasteiger partial charge on any atom is 0.410 e. The van der Waals surface area contributed by atoms with E-state index in [1.807, 2.05) is 65.0 Å². The average molecular weight is 408 g/mol. The summed E-state index contributed by atoms with van der Waals surface area (Å²) in [5.41, 5.74) is 0.489. The van der Waals surface area contributed by atoms with Gasteiger partial charge in [0, 0.05) is 20.9 Å². The minimum atomic E-state index is -0.676. The number of nitrogens with zero attached hydrogens (tertiary/aromatic N) is 1. The molecule has 0 aromatic heterocycles. The van der Waals surface area contributed by atoms with E-state index in [-0.39, 0.29) is 19.3 Å². The van der Waals surface area contributed by atoms with Crippen LogP contribution in [0.5, 0.6) is 0 Å². The van der Waals surface area contributed by atoms with E-state index in [1.165, 1.54) is 4.90 Å². The molecule has 0 saturated heterocycles. The number of likely N-dealkylation sites (N-methyl/N-ethyl adjacent to an activating group) is 1. The molecule has 0 saturated carbocycles. The van der Waals surface area contributed by atoms with Gasteiger partial charge in [-0.05, 0) is 26.3 Å². The third-order valence-electron chi connectivity index (χ3n) is 4.06. The fourth-order valence-electron chi connectivity index (χ4n) is 2.57. The van der Waals surface area contributed by atoms with Gasteiger partial charge < -0.3 is 28.6 Å². The Morgan fingerprint density at radius 3 is 2.28 bits per heavy atom. The first-order chi connectivity index (χ1) is 13.6. The van der Waals surface area contributed by atoms with Crippen LogP contribution in [0, 0.1) is 0 Å². The van der Waals surface area contributed by atoms with Gasteiger partial charge in [-0.1, -0.05) is 30.3 Å². The van der Waals surface area contributed by atoms with Crippen molar-refractivity contribution in [3.8, 4) is 0 Å². The molecule has 1 aromatic rings. The first-order valence-electron chi connectivity index (χ1n) is 9.77. The molecule has 0 fully saturated rings. The van der Waals surface area contributed by atoms with Crippen molar-refractivity contribution in [3.05, 3.63) is 47.9 Å². The van der Waals surface area contributed by atoms with E-state index < -0.39 is 17.5 Å². The van der Waals surface area contributed by atoms with Crippen LogP contribution in [0.2, 0.25) is 0 Å². The number of carbonyl (C=O) groups excluding carboxylic acids is 1. The highest BCUT2D eigenvalue weighted by Gasteiger charge is 2.29. The smallest absolute Gasteiger partial charge is 0.410 e. The van der Waals surface area contributed by atoms with Crippen LogP contribution >= 0.6 is 0 Å². The van der Waals surface area contributed by atoms with E-state index in [0.717, 1.165) is 5.56 Å². The quantitative estimate of drug-likeness (QED) is 0.615. The van der Waals surface area contributed by atoms with E-state index in [1.54, 1.807) is 13.3 Å². The maximum atomic E-state index is 12.5. The fourth-order valence-corrected chi connectivity index (χ4v) is 2.57. The van der Waals surface area contributed by atoms with E-state index in [4.69, 9.17) is 23.7 Å². The lowest BCUT2D eigenvalue weighted by atomic mass is 10.2. The molecule has 1 heterocycles. The zero-order chi connectivity index (χ0) is 21.5. The van der Waals surface area contributed by atoms with Gasteiger partial charge in [0.15, 0.2) is 5.76 Å². The molecule has 0 bridgehead atoms. The van der Waals surface area contributed by atoms with Gasteiger partial charge in [-0.3, -0.25) is 0 Å². The van der Waals surface area contributed by atoms with E-state index >= 15 is 0 Å². The molecule has 0 aliphatic carbocycles. The predicted molar refractivity (Wildman–Crippen MR) is 109 cm³/mol. The highest BCUT2D eigenvalue weighted by molar-refractivity contribution is 5.68. The Hall–Kier alpha value is -2.25. The average Bonchev–Trinajstić information content (AvgIpc) is 2.98. The van der Waals surface area contributed by atoms with Crippen LogP contribution in [0.4, 0.5) is 4.79 Å². The normalized spacial score (nSPS) is 16.4. The first-order valence-corrected chi connectivity index (χ1v) is 9.77. The van der Waals surface area contributed by atoms with E-state index in [2.05, 4.69) is 0 Å². The number of benzene rings is 1. The largest absolute Gasteiger partial charge is 0.457 e. The highest BCUT2D eigenvalue weighted by atomic mass is 16.7. The lowest BCUT2D eigenvalue weighted by molar-refractivity contribution is -0.122. The standard InChI is InChI=1S/C22H33NO6/c1-21(2,3)29-20(24)23(6)18(13-25-12-17-10-8-7-9-11-17)14-26-15-19-16-27-22(4,5)28-19/h7-11,16,18H,12-15H2,1-6H3. The second kappa shape index (κ2) is 9.98. The zero-order valence-electron chi connectivity index (χ0n) is 18.3. The van der Waals surface area contributed by atoms with Crippen molar-refractivity contribution < 1.29 is 28.5 Å². The summed E-state index contributed by atoms with van der Waals surface area (Å²) in [7, 11) is 1.69. The summed E-state index contributed by atoms with van der Waals surface area (Å²) in [5.74, 6) is -0.0663. The van der Waals surface area contributed by atoms with Gasteiger partial charge in [0.05, 0.1) is 25.9 Å². The number of hydrogen-bond acceptors (Lipinski definition) is 6. The molecule has 1 unspecified atom stereocenters. The SMILES string of the molecule is CN(C(=O)OC(C)(C)C)C(COCC1=COC(C)(C)O1)COCc1ccccc1. The Balaban J connectivity index is 1.89. The summed E-state index contributed by atoms with van der Waals surface area (Å²) in [6.07, 6.45) is 1.13. The van der Waals surface area contributed by atoms with Gasteiger partial charge in [0.2, 0.25) is 5.79 Å². The van der Waals surface area contributed by atoms with E-state index in [9.17, 15) is 4.79 Å². The molecular weight excluding hydrogens is 374 g/mol. The molecule has 29 heavy (non-hydrogen) atoms. The lowest BCUT2D eigenvalue weighted by Crippen LogP contribution is -2.45. The minimum Gasteiger partial charge on any atom is -0.457 e. The van der Waals surface area contributed by atoms with Crippen LogP contribution in [-0.2, 0) is 30.3 Å². The Morgan fingerprint density at radius 1 is 1.10 bits per heavy atom. The highest BCUT2D eigenvalue weighted by Crippen LogP contribution is 2.24. The second-order valence-electron chi connectivity index (χ2n) is 8.46. The molecule has 1 aromatic carbocycles. The summed E-state index contributed by atoms with van der Waals surface area (Å²) in [4.78, 5) is 14.0. The summed E-state index contributed by atoms with van der Waals surface area (Å²) in [5, 5.41) is 0. The molecule has 162 valence electrons. The van der Waals surface area contributed by atoms with Gasteiger partial charge in [-0.2, -0.15) is 0 Å². The van der Waals surface area contributed by atoms with E-state index in [0.29, 0.717) is 19.0 Å². The zero-order valence-corrected chi connectivity index (χ0v) is 18.3. The number of amides is 1. The molecule has 0 radical (unpaired) electrons. The topological polar surface area (TPSA) is 66.5 Å². The number of hydrogen-bond donors (Lipinski definition) is 0. The van der Waals surface area contributed by atoms with Crippen molar-refractivity contribution in [1.29, 1.82) is 0 Å². The summed E-state index contributed by atoms with van der Waals surface area (Å²) < 4.78 is 28.1. The molecule has 1 amide bonds. The van der Waals surface area contributed by atoms with Gasteiger partial charge in [0.1, 0.15) is 18.5 Å². The maximum absolute atomic E-state index is 12.5. The van der Waals surface area contributed by atoms with Crippen molar-refractivity contribution in [3.63, 3.8) is 0 Å². The van der Waals surface area contributed by atoms with Gasteiger partial charge in [0.25, 0.3) is 0 Å². The Labute approximate surface area is 173 Å². The molecule has 0 spiro atoms. The molecule has 1 aliphatic heterocycles. The van der Waals surface area contributed by atoms with Crippen LogP contribution in [0.25, 0.3) is 0 Å². The molecule has 1 aliphatic rings. The third-order valence-corrected chi connectivity index (χ3v) is 4.06. The Kier molecular flexibility index (Phi) is 7.93. The van der Waals surface area contributed by atoms with Crippen molar-refractivity contribution in [2.45, 2.75) is 58.7 Å². The number of ether oxygens (including phenoxy) is 5. The van der Waals surface area contributed by atoms with Crippen LogP contribution in [0.1, 0.15) is 40.2 Å². The van der Waals surface area contributed by atoms with Gasteiger partial charge in [-0.15, -0.1) is 0 Å². The van der Waals surface area contributed by atoms with Crippen LogP contribution in [0.3, 0.4) is 0 Å². The Morgan fingerprint density at radius 2 is 1.72 bits per heavy atom.